The minimum Gasteiger partial charge on any atom is -0.354 e. The van der Waals surface area contributed by atoms with Gasteiger partial charge in [-0.2, -0.15) is 0 Å². The average Bonchev–Trinajstić information content (AvgIpc) is 2.94. The molecule has 2 amide bonds. The van der Waals surface area contributed by atoms with Crippen LogP contribution in [0.2, 0.25) is 0 Å². The number of aromatic nitrogens is 3. The molecule has 2 N–H and O–H groups in total. The number of anilines is 1. The van der Waals surface area contributed by atoms with Crippen LogP contribution < -0.4 is 10.6 Å². The zero-order valence-electron chi connectivity index (χ0n) is 13.6. The summed E-state index contributed by atoms with van der Waals surface area (Å²) in [6, 6.07) is 6.25. The monoisotopic (exact) mass is 333 g/mol. The number of halogens is 1. The molecule has 0 radical (unpaired) electrons. The molecule has 0 aliphatic heterocycles. The Morgan fingerprint density at radius 3 is 2.83 bits per heavy atom. The maximum Gasteiger partial charge on any atom is 0.241 e. The fraction of sp³-hybridized carbons (Fsp3) is 0.375. The minimum atomic E-state index is -0.294. The number of amides is 2. The van der Waals surface area contributed by atoms with E-state index in [-0.39, 0.29) is 30.1 Å². The lowest BCUT2D eigenvalue weighted by molar-refractivity contribution is -0.122. The molecule has 0 fully saturated rings. The zero-order valence-corrected chi connectivity index (χ0v) is 13.6. The molecule has 0 aliphatic rings. The molecule has 2 aromatic rings. The van der Waals surface area contributed by atoms with Gasteiger partial charge in [-0.15, -0.1) is 5.10 Å². The van der Waals surface area contributed by atoms with Gasteiger partial charge >= 0.3 is 0 Å². The summed E-state index contributed by atoms with van der Waals surface area (Å²) in [7, 11) is 0. The van der Waals surface area contributed by atoms with E-state index in [2.05, 4.69) is 20.9 Å². The molecule has 0 bridgehead atoms. The molecule has 1 heterocycles. The molecule has 0 aliphatic carbocycles. The summed E-state index contributed by atoms with van der Waals surface area (Å²) >= 11 is 0. The summed E-state index contributed by atoms with van der Waals surface area (Å²) in [5, 5.41) is 12.9. The third kappa shape index (κ3) is 5.45. The second-order valence-electron chi connectivity index (χ2n) is 5.68. The van der Waals surface area contributed by atoms with Crippen molar-refractivity contribution in [1.29, 1.82) is 0 Å². The Balaban J connectivity index is 1.76. The number of benzene rings is 1. The van der Waals surface area contributed by atoms with Crippen LogP contribution in [0.4, 0.5) is 10.2 Å². The van der Waals surface area contributed by atoms with E-state index in [4.69, 9.17) is 0 Å². The van der Waals surface area contributed by atoms with Crippen molar-refractivity contribution >= 4 is 17.6 Å². The standard InChI is InChI=1S/C16H20FN5O2/c1-11(2)16(24)19-14-9-22(21-20-14)10-15(23)18-7-6-12-4-3-5-13(17)8-12/h3-5,8-9,11H,6-7,10H2,1-2H3,(H,18,23)(H,19,24). The van der Waals surface area contributed by atoms with E-state index in [0.717, 1.165) is 5.56 Å². The second-order valence-corrected chi connectivity index (χ2v) is 5.68. The summed E-state index contributed by atoms with van der Waals surface area (Å²) in [5.41, 5.74) is 0.815. The second kappa shape index (κ2) is 8.19. The molecular weight excluding hydrogens is 313 g/mol. The maximum absolute atomic E-state index is 13.0. The summed E-state index contributed by atoms with van der Waals surface area (Å²) in [4.78, 5) is 23.4. The lowest BCUT2D eigenvalue weighted by atomic mass is 10.1. The van der Waals surface area contributed by atoms with Crippen molar-refractivity contribution in [2.24, 2.45) is 5.92 Å². The highest BCUT2D eigenvalue weighted by Crippen LogP contribution is 2.04. The third-order valence-electron chi connectivity index (χ3n) is 3.24. The summed E-state index contributed by atoms with van der Waals surface area (Å²) < 4.78 is 14.4. The van der Waals surface area contributed by atoms with Crippen molar-refractivity contribution < 1.29 is 14.0 Å². The van der Waals surface area contributed by atoms with Gasteiger partial charge in [-0.3, -0.25) is 9.59 Å². The first-order chi connectivity index (χ1) is 11.4. The molecule has 0 unspecified atom stereocenters. The van der Waals surface area contributed by atoms with E-state index in [1.54, 1.807) is 26.0 Å². The van der Waals surface area contributed by atoms with Crippen LogP contribution in [-0.4, -0.2) is 33.4 Å². The molecule has 0 saturated heterocycles. The van der Waals surface area contributed by atoms with Crippen molar-refractivity contribution in [1.82, 2.24) is 20.3 Å². The third-order valence-corrected chi connectivity index (χ3v) is 3.24. The molecule has 8 heteroatoms. The molecule has 128 valence electrons. The number of hydrogen-bond acceptors (Lipinski definition) is 4. The summed E-state index contributed by atoms with van der Waals surface area (Å²) in [6.07, 6.45) is 2.03. The van der Waals surface area contributed by atoms with E-state index < -0.39 is 0 Å². The molecule has 0 saturated carbocycles. The summed E-state index contributed by atoms with van der Waals surface area (Å²) in [5.74, 6) is -0.556. The van der Waals surface area contributed by atoms with Gasteiger partial charge < -0.3 is 10.6 Å². The van der Waals surface area contributed by atoms with Crippen LogP contribution in [0, 0.1) is 11.7 Å². The van der Waals surface area contributed by atoms with Crippen molar-refractivity contribution in [2.75, 3.05) is 11.9 Å². The van der Waals surface area contributed by atoms with Crippen LogP contribution in [0.1, 0.15) is 19.4 Å². The Bertz CT molecular complexity index is 714. The highest BCUT2D eigenvalue weighted by molar-refractivity contribution is 5.90. The Morgan fingerprint density at radius 1 is 1.33 bits per heavy atom. The lowest BCUT2D eigenvalue weighted by Gasteiger charge is -2.05. The average molecular weight is 333 g/mol. The fourth-order valence-corrected chi connectivity index (χ4v) is 1.95. The Morgan fingerprint density at radius 2 is 2.12 bits per heavy atom. The Labute approximate surface area is 139 Å². The first kappa shape index (κ1) is 17.6. The predicted molar refractivity (Wildman–Crippen MR) is 86.6 cm³/mol. The highest BCUT2D eigenvalue weighted by Gasteiger charge is 2.11. The van der Waals surface area contributed by atoms with E-state index in [0.29, 0.717) is 18.8 Å². The smallest absolute Gasteiger partial charge is 0.241 e. The van der Waals surface area contributed by atoms with Crippen LogP contribution >= 0.6 is 0 Å². The molecule has 1 aromatic heterocycles. The quantitative estimate of drug-likeness (QED) is 0.801. The molecule has 7 nitrogen and oxygen atoms in total. The number of hydrogen-bond donors (Lipinski definition) is 2. The summed E-state index contributed by atoms with van der Waals surface area (Å²) in [6.45, 7) is 3.93. The largest absolute Gasteiger partial charge is 0.354 e. The molecule has 0 atom stereocenters. The molecule has 1 aromatic carbocycles. The topological polar surface area (TPSA) is 88.9 Å². The van der Waals surface area contributed by atoms with E-state index in [1.807, 2.05) is 0 Å². The van der Waals surface area contributed by atoms with Gasteiger partial charge in [0.05, 0.1) is 6.20 Å². The number of nitrogens with one attached hydrogen (secondary N) is 2. The van der Waals surface area contributed by atoms with Gasteiger partial charge in [-0.05, 0) is 24.1 Å². The number of nitrogens with zero attached hydrogens (tertiary/aromatic N) is 3. The van der Waals surface area contributed by atoms with Crippen LogP contribution in [-0.2, 0) is 22.6 Å². The zero-order chi connectivity index (χ0) is 17.5. The Kier molecular flexibility index (Phi) is 6.00. The normalized spacial score (nSPS) is 10.7. The molecule has 2 rings (SSSR count). The highest BCUT2D eigenvalue weighted by atomic mass is 19.1. The maximum atomic E-state index is 13.0. The van der Waals surface area contributed by atoms with E-state index in [1.165, 1.54) is 23.0 Å². The van der Waals surface area contributed by atoms with E-state index in [9.17, 15) is 14.0 Å². The van der Waals surface area contributed by atoms with Crippen LogP contribution in [0.25, 0.3) is 0 Å². The molecule has 24 heavy (non-hydrogen) atoms. The van der Waals surface area contributed by atoms with Crippen molar-refractivity contribution in [3.05, 3.63) is 41.8 Å². The van der Waals surface area contributed by atoms with Crippen molar-refractivity contribution in [3.63, 3.8) is 0 Å². The SMILES string of the molecule is CC(C)C(=O)Nc1cn(CC(=O)NCCc2cccc(F)c2)nn1. The van der Waals surface area contributed by atoms with Gasteiger partial charge in [-0.1, -0.05) is 31.2 Å². The van der Waals surface area contributed by atoms with Crippen molar-refractivity contribution in [3.8, 4) is 0 Å². The van der Waals surface area contributed by atoms with Crippen LogP contribution in [0.5, 0.6) is 0 Å². The van der Waals surface area contributed by atoms with Gasteiger partial charge in [0.15, 0.2) is 5.82 Å². The fourth-order valence-electron chi connectivity index (χ4n) is 1.95. The van der Waals surface area contributed by atoms with E-state index >= 15 is 0 Å². The lowest BCUT2D eigenvalue weighted by Crippen LogP contribution is -2.29. The van der Waals surface area contributed by atoms with Crippen LogP contribution in [0.3, 0.4) is 0 Å². The van der Waals surface area contributed by atoms with Gasteiger partial charge in [0.25, 0.3) is 0 Å². The van der Waals surface area contributed by atoms with Gasteiger partial charge in [0, 0.05) is 12.5 Å². The van der Waals surface area contributed by atoms with Crippen LogP contribution in [0.15, 0.2) is 30.5 Å². The first-order valence-corrected chi connectivity index (χ1v) is 7.66. The number of rotatable bonds is 7. The van der Waals surface area contributed by atoms with Gasteiger partial charge in [-0.25, -0.2) is 9.07 Å². The van der Waals surface area contributed by atoms with Crippen molar-refractivity contribution in [2.45, 2.75) is 26.8 Å². The van der Waals surface area contributed by atoms with Gasteiger partial charge in [0.2, 0.25) is 11.8 Å². The number of carbonyl (C=O) groups excluding carboxylic acids is 2. The molecule has 0 spiro atoms. The molecular formula is C16H20FN5O2. The Hall–Kier alpha value is -2.77. The number of carbonyl (C=O) groups is 2. The minimum absolute atomic E-state index is 0.00625. The first-order valence-electron chi connectivity index (χ1n) is 7.66. The van der Waals surface area contributed by atoms with Gasteiger partial charge in [0.1, 0.15) is 12.4 Å². The predicted octanol–water partition coefficient (Wildman–Crippen LogP) is 1.37.